The van der Waals surface area contributed by atoms with Crippen LogP contribution in [0.2, 0.25) is 0 Å². The van der Waals surface area contributed by atoms with Crippen LogP contribution < -0.4 is 16.2 Å². The van der Waals surface area contributed by atoms with E-state index in [1.807, 2.05) is 65.2 Å². The number of amides is 1. The summed E-state index contributed by atoms with van der Waals surface area (Å²) >= 11 is 0. The number of nitrogens with zero attached hydrogens (tertiary/aromatic N) is 3. The first kappa shape index (κ1) is 19.1. The SMILES string of the molecule is NC(=O)C1CC(c2nc(-c3cccc(OCc4ccccc4)c3)c3c(N)nccn23)C1. The lowest BCUT2D eigenvalue weighted by molar-refractivity contribution is -0.124. The number of hydrogen-bond donors (Lipinski definition) is 2. The third-order valence-electron chi connectivity index (χ3n) is 5.87. The summed E-state index contributed by atoms with van der Waals surface area (Å²) in [4.78, 5) is 20.6. The molecule has 1 aliphatic carbocycles. The Morgan fingerprint density at radius 3 is 2.71 bits per heavy atom. The number of aromatic nitrogens is 3. The number of ether oxygens (including phenoxy) is 1. The Kier molecular flexibility index (Phi) is 4.78. The minimum Gasteiger partial charge on any atom is -0.489 e. The van der Waals surface area contributed by atoms with E-state index < -0.39 is 0 Å². The quantitative estimate of drug-likeness (QED) is 0.503. The number of primary amides is 1. The van der Waals surface area contributed by atoms with Crippen molar-refractivity contribution in [3.05, 3.63) is 78.4 Å². The number of nitrogens with two attached hydrogens (primary N) is 2. The fourth-order valence-electron chi connectivity index (χ4n) is 4.11. The van der Waals surface area contributed by atoms with Crippen molar-refractivity contribution in [3.8, 4) is 17.0 Å². The molecule has 5 rings (SSSR count). The highest BCUT2D eigenvalue weighted by Crippen LogP contribution is 2.43. The van der Waals surface area contributed by atoms with Crippen LogP contribution in [0.3, 0.4) is 0 Å². The summed E-state index contributed by atoms with van der Waals surface area (Å²) in [7, 11) is 0. The summed E-state index contributed by atoms with van der Waals surface area (Å²) in [5.41, 5.74) is 15.2. The topological polar surface area (TPSA) is 109 Å². The molecule has 1 fully saturated rings. The molecule has 156 valence electrons. The van der Waals surface area contributed by atoms with Crippen molar-refractivity contribution in [1.29, 1.82) is 0 Å². The number of nitrogen functional groups attached to an aromatic ring is 1. The molecule has 4 N–H and O–H groups in total. The Morgan fingerprint density at radius 2 is 1.94 bits per heavy atom. The second-order valence-corrected chi connectivity index (χ2v) is 7.92. The minimum atomic E-state index is -0.248. The molecule has 7 nitrogen and oxygen atoms in total. The van der Waals surface area contributed by atoms with E-state index >= 15 is 0 Å². The number of rotatable bonds is 6. The summed E-state index contributed by atoms with van der Waals surface area (Å²) in [6.45, 7) is 0.486. The molecule has 1 saturated carbocycles. The molecule has 0 radical (unpaired) electrons. The maximum atomic E-state index is 11.5. The van der Waals surface area contributed by atoms with Gasteiger partial charge >= 0.3 is 0 Å². The average Bonchev–Trinajstić information content (AvgIpc) is 3.13. The van der Waals surface area contributed by atoms with Crippen molar-refractivity contribution in [3.63, 3.8) is 0 Å². The van der Waals surface area contributed by atoms with Crippen LogP contribution in [0.4, 0.5) is 5.82 Å². The van der Waals surface area contributed by atoms with E-state index in [4.69, 9.17) is 21.2 Å². The van der Waals surface area contributed by atoms with Gasteiger partial charge in [0, 0.05) is 29.8 Å². The Bertz CT molecular complexity index is 1250. The van der Waals surface area contributed by atoms with Gasteiger partial charge in [-0.1, -0.05) is 42.5 Å². The van der Waals surface area contributed by atoms with Crippen LogP contribution in [0.25, 0.3) is 16.8 Å². The summed E-state index contributed by atoms with van der Waals surface area (Å²) in [6.07, 6.45) is 4.94. The van der Waals surface area contributed by atoms with Crippen LogP contribution in [0.15, 0.2) is 67.0 Å². The van der Waals surface area contributed by atoms with E-state index in [0.29, 0.717) is 25.3 Å². The van der Waals surface area contributed by atoms with Crippen LogP contribution in [0, 0.1) is 5.92 Å². The van der Waals surface area contributed by atoms with Crippen molar-refractivity contribution in [2.75, 3.05) is 5.73 Å². The van der Waals surface area contributed by atoms with Gasteiger partial charge < -0.3 is 16.2 Å². The fraction of sp³-hybridized carbons (Fsp3) is 0.208. The van der Waals surface area contributed by atoms with Crippen LogP contribution in [0.5, 0.6) is 5.75 Å². The van der Waals surface area contributed by atoms with Crippen molar-refractivity contribution in [2.45, 2.75) is 25.4 Å². The fourth-order valence-corrected chi connectivity index (χ4v) is 4.11. The van der Waals surface area contributed by atoms with E-state index in [2.05, 4.69) is 4.98 Å². The first-order valence-corrected chi connectivity index (χ1v) is 10.3. The molecule has 1 amide bonds. The van der Waals surface area contributed by atoms with Crippen molar-refractivity contribution >= 4 is 17.2 Å². The monoisotopic (exact) mass is 413 g/mol. The molecule has 0 spiro atoms. The number of carbonyl (C=O) groups excluding carboxylic acids is 1. The maximum absolute atomic E-state index is 11.5. The third-order valence-corrected chi connectivity index (χ3v) is 5.87. The van der Waals surface area contributed by atoms with E-state index in [1.165, 1.54) is 0 Å². The van der Waals surface area contributed by atoms with Gasteiger partial charge in [0.15, 0.2) is 0 Å². The highest BCUT2D eigenvalue weighted by Gasteiger charge is 2.37. The maximum Gasteiger partial charge on any atom is 0.220 e. The van der Waals surface area contributed by atoms with Crippen LogP contribution in [-0.4, -0.2) is 20.3 Å². The molecule has 4 aromatic rings. The van der Waals surface area contributed by atoms with Gasteiger partial charge in [-0.15, -0.1) is 0 Å². The Hall–Kier alpha value is -3.87. The predicted molar refractivity (Wildman–Crippen MR) is 118 cm³/mol. The molecule has 31 heavy (non-hydrogen) atoms. The van der Waals surface area contributed by atoms with Crippen LogP contribution in [0.1, 0.15) is 30.1 Å². The van der Waals surface area contributed by atoms with Crippen molar-refractivity contribution < 1.29 is 9.53 Å². The zero-order valence-electron chi connectivity index (χ0n) is 16.9. The number of benzene rings is 2. The first-order chi connectivity index (χ1) is 15.1. The molecular weight excluding hydrogens is 390 g/mol. The second-order valence-electron chi connectivity index (χ2n) is 7.92. The predicted octanol–water partition coefficient (Wildman–Crippen LogP) is 3.54. The lowest BCUT2D eigenvalue weighted by Crippen LogP contribution is -2.34. The number of imidazole rings is 1. The second kappa shape index (κ2) is 7.75. The lowest BCUT2D eigenvalue weighted by Gasteiger charge is -2.31. The number of anilines is 1. The van der Waals surface area contributed by atoms with Gasteiger partial charge in [0.1, 0.15) is 35.2 Å². The molecule has 1 aliphatic rings. The zero-order chi connectivity index (χ0) is 21.4. The zero-order valence-corrected chi connectivity index (χ0v) is 16.9. The lowest BCUT2D eigenvalue weighted by atomic mass is 9.74. The third kappa shape index (κ3) is 3.59. The van der Waals surface area contributed by atoms with Crippen LogP contribution >= 0.6 is 0 Å². The number of carbonyl (C=O) groups is 1. The highest BCUT2D eigenvalue weighted by atomic mass is 16.5. The molecule has 0 saturated heterocycles. The first-order valence-electron chi connectivity index (χ1n) is 10.3. The highest BCUT2D eigenvalue weighted by molar-refractivity contribution is 5.86. The Balaban J connectivity index is 1.48. The average molecular weight is 413 g/mol. The van der Waals surface area contributed by atoms with E-state index in [1.54, 1.807) is 6.20 Å². The van der Waals surface area contributed by atoms with Gasteiger partial charge in [0.05, 0.1) is 0 Å². The van der Waals surface area contributed by atoms with Gasteiger partial charge in [-0.25, -0.2) is 9.97 Å². The molecule has 7 heteroatoms. The summed E-state index contributed by atoms with van der Waals surface area (Å²) < 4.78 is 7.97. The number of fused-ring (bicyclic) bond motifs is 1. The van der Waals surface area contributed by atoms with Crippen LogP contribution in [-0.2, 0) is 11.4 Å². The molecular formula is C24H23N5O2. The summed E-state index contributed by atoms with van der Waals surface area (Å²) in [6, 6.07) is 17.9. The van der Waals surface area contributed by atoms with Crippen molar-refractivity contribution in [2.24, 2.45) is 11.7 Å². The van der Waals surface area contributed by atoms with Gasteiger partial charge in [0.25, 0.3) is 0 Å². The molecule has 0 unspecified atom stereocenters. The van der Waals surface area contributed by atoms with Gasteiger partial charge in [-0.2, -0.15) is 0 Å². The Morgan fingerprint density at radius 1 is 1.13 bits per heavy atom. The molecule has 2 heterocycles. The summed E-state index contributed by atoms with van der Waals surface area (Å²) in [5, 5.41) is 0. The molecule has 2 aromatic heterocycles. The van der Waals surface area contributed by atoms with E-state index in [0.717, 1.165) is 33.9 Å². The summed E-state index contributed by atoms with van der Waals surface area (Å²) in [5.74, 6) is 1.88. The van der Waals surface area contributed by atoms with Crippen molar-refractivity contribution in [1.82, 2.24) is 14.4 Å². The largest absolute Gasteiger partial charge is 0.489 e. The molecule has 2 aromatic carbocycles. The minimum absolute atomic E-state index is 0.0882. The number of hydrogen-bond acceptors (Lipinski definition) is 5. The molecule has 0 aliphatic heterocycles. The molecule has 0 bridgehead atoms. The smallest absolute Gasteiger partial charge is 0.220 e. The van der Waals surface area contributed by atoms with E-state index in [-0.39, 0.29) is 17.7 Å². The van der Waals surface area contributed by atoms with Gasteiger partial charge in [-0.3, -0.25) is 9.20 Å². The molecule has 0 atom stereocenters. The Labute approximate surface area is 179 Å². The van der Waals surface area contributed by atoms with Gasteiger partial charge in [0.2, 0.25) is 5.91 Å². The normalized spacial score (nSPS) is 17.9. The van der Waals surface area contributed by atoms with Gasteiger partial charge in [-0.05, 0) is 30.5 Å². The standard InChI is InChI=1S/C24H23N5O2/c25-22-21-20(16-7-4-8-19(13-16)31-14-15-5-2-1-3-6-15)28-24(29(21)10-9-27-22)18-11-17(12-18)23(26)30/h1-10,13,17-18H,11-12,14H2,(H2,25,27)(H2,26,30). The van der Waals surface area contributed by atoms with E-state index in [9.17, 15) is 4.79 Å².